The van der Waals surface area contributed by atoms with E-state index in [2.05, 4.69) is 238 Å². The molecule has 9 rings (SSSR count). The number of para-hydroxylation sites is 1. The summed E-state index contributed by atoms with van der Waals surface area (Å²) < 4.78 is 1.28. The Kier molecular flexibility index (Phi) is 13.7. The summed E-state index contributed by atoms with van der Waals surface area (Å²) in [5.41, 5.74) is 19.0. The van der Waals surface area contributed by atoms with Crippen molar-refractivity contribution in [2.75, 3.05) is 9.80 Å². The fraction of sp³-hybridized carbons (Fsp3) is 0.328. The first-order valence-corrected chi connectivity index (χ1v) is 27.0. The van der Waals surface area contributed by atoms with Gasteiger partial charge in [-0.2, -0.15) is 0 Å². The van der Waals surface area contributed by atoms with E-state index in [0.29, 0.717) is 0 Å². The van der Waals surface area contributed by atoms with Gasteiger partial charge in [0.1, 0.15) is 0 Å². The van der Waals surface area contributed by atoms with Gasteiger partial charge in [0.25, 0.3) is 0 Å². The summed E-state index contributed by atoms with van der Waals surface area (Å²) in [7, 11) is 6.67. The first kappa shape index (κ1) is 47.0. The van der Waals surface area contributed by atoms with Gasteiger partial charge in [-0.1, -0.05) is 74.9 Å². The number of halogens is 1. The fourth-order valence-electron chi connectivity index (χ4n) is 11.4. The largest absolute Gasteiger partial charge is 0.517 e. The van der Waals surface area contributed by atoms with Gasteiger partial charge in [0.15, 0.2) is 0 Å². The van der Waals surface area contributed by atoms with Crippen LogP contribution in [-0.4, -0.2) is 15.2 Å². The minimum atomic E-state index is -0.395. The molecule has 2 unspecified atom stereocenters. The average Bonchev–Trinajstić information content (AvgIpc) is 3.94. The molecule has 0 aromatic heterocycles. The number of allylic oxidation sites excluding steroid dienone is 1. The van der Waals surface area contributed by atoms with Crippen molar-refractivity contribution in [3.8, 4) is 0 Å². The molecule has 2 heterocycles. The topological polar surface area (TPSA) is 6.48 Å². The van der Waals surface area contributed by atoms with Crippen LogP contribution in [0.5, 0.6) is 0 Å². The molecule has 2 atom stereocenters. The fourth-order valence-corrected chi connectivity index (χ4v) is 13.0. The maximum absolute atomic E-state index is 6.67. The van der Waals surface area contributed by atoms with Crippen LogP contribution in [0.15, 0.2) is 146 Å². The molecule has 0 N–H and O–H groups in total. The van der Waals surface area contributed by atoms with Crippen LogP contribution in [0.3, 0.4) is 0 Å². The van der Waals surface area contributed by atoms with Crippen molar-refractivity contribution in [2.24, 2.45) is 0 Å². The van der Waals surface area contributed by atoms with Gasteiger partial charge in [0.2, 0.25) is 0 Å². The Bertz CT molecular complexity index is 2650. The molecule has 0 radical (unpaired) electrons. The molecule has 0 saturated carbocycles. The molecule has 2 fully saturated rings. The number of nitrogens with zero attached hydrogens (tertiary/aromatic N) is 2. The summed E-state index contributed by atoms with van der Waals surface area (Å²) in [6.45, 7) is 28.3. The molecule has 6 aromatic carbocycles. The summed E-state index contributed by atoms with van der Waals surface area (Å²) in [6.07, 6.45) is 8.64. The van der Waals surface area contributed by atoms with Crippen molar-refractivity contribution < 1.29 is 15.7 Å². The van der Waals surface area contributed by atoms with E-state index in [1.54, 1.807) is 0 Å². The maximum Gasteiger partial charge on any atom is 0.0140 e. The summed E-state index contributed by atoms with van der Waals surface area (Å²) in [5, 5.41) is 0. The van der Waals surface area contributed by atoms with Gasteiger partial charge in [-0.3, -0.25) is 0 Å². The molecular weight excluding hydrogens is 897 g/mol. The van der Waals surface area contributed by atoms with E-state index in [9.17, 15) is 0 Å². The molecule has 3 aliphatic rings. The van der Waals surface area contributed by atoms with Crippen LogP contribution in [0.2, 0.25) is 0 Å². The van der Waals surface area contributed by atoms with Gasteiger partial charge in [-0.05, 0) is 44.2 Å². The predicted molar refractivity (Wildman–Crippen MR) is 277 cm³/mol. The van der Waals surface area contributed by atoms with Crippen molar-refractivity contribution >= 4 is 30.7 Å². The van der Waals surface area contributed by atoms with E-state index in [1.165, 1.54) is 82.3 Å². The van der Waals surface area contributed by atoms with Crippen LogP contribution in [0.1, 0.15) is 136 Å². The molecule has 65 heavy (non-hydrogen) atoms. The molecule has 2 aliphatic heterocycles. The molecule has 2 saturated heterocycles. The molecule has 339 valence electrons. The number of hydrogen-bond donors (Lipinski definition) is 0. The number of rotatable bonds is 10. The predicted octanol–water partition coefficient (Wildman–Crippen LogP) is 15.4. The minimum absolute atomic E-state index is 0.0733. The average molecular weight is 966 g/mol. The second-order valence-electron chi connectivity index (χ2n) is 20.0. The van der Waals surface area contributed by atoms with Crippen LogP contribution >= 0.6 is 9.69 Å². The van der Waals surface area contributed by atoms with Crippen LogP contribution in [0.4, 0.5) is 11.4 Å². The molecular formula is C61H68ClN2Ru-2. The normalized spacial score (nSPS) is 21.4. The van der Waals surface area contributed by atoms with Gasteiger partial charge in [0.05, 0.1) is 0 Å². The smallest absolute Gasteiger partial charge is 0.0140 e. The molecule has 2 nitrogen and oxygen atoms in total. The van der Waals surface area contributed by atoms with Crippen LogP contribution < -0.4 is 9.80 Å². The molecule has 1 aliphatic carbocycles. The standard InChI is InChI=1S/C38H38N.C23H30N.ClH.Ru/c1-6-28-22-27(3)23-29(7-2)36(28)39-26-38(25-37(39,4)5,32-16-12-9-13-17-32)33-19-21-35-31(24-33)18-20-34(35)30-14-10-8-11-15-30;1-6-18-12-11-13-19(7-2)21(18)24-17-23(5,16-22(24,3)4)20-14-9-8-10-15-20;;/h8-17,19-24,26H,6-7,25H2,1-5H3;8-15,17H,6-7,16H2,1-5H3;1H;/q2*-1;;+1/p-1. The third-order valence-corrected chi connectivity index (χ3v) is 16.3. The summed E-state index contributed by atoms with van der Waals surface area (Å²) in [5.74, 6) is 0. The Morgan fingerprint density at radius 1 is 0.523 bits per heavy atom. The summed E-state index contributed by atoms with van der Waals surface area (Å²) in [4.78, 5) is 5.19. The minimum Gasteiger partial charge on any atom is -0.517 e. The third kappa shape index (κ3) is 8.90. The van der Waals surface area contributed by atoms with Crippen LogP contribution in [0.25, 0.3) is 5.57 Å². The van der Waals surface area contributed by atoms with E-state index in [-0.39, 0.29) is 21.9 Å². The van der Waals surface area contributed by atoms with Crippen molar-refractivity contribution in [3.63, 3.8) is 0 Å². The Morgan fingerprint density at radius 2 is 1.03 bits per heavy atom. The Labute approximate surface area is 403 Å². The Balaban J connectivity index is 0.000000204. The second kappa shape index (κ2) is 19.0. The molecule has 0 amide bonds. The zero-order valence-electron chi connectivity index (χ0n) is 40.4. The quantitative estimate of drug-likeness (QED) is 0.0997. The molecule has 0 bridgehead atoms. The summed E-state index contributed by atoms with van der Waals surface area (Å²) in [6, 6.07) is 51.5. The summed E-state index contributed by atoms with van der Waals surface area (Å²) >= 11 is -0.395. The van der Waals surface area contributed by atoms with Gasteiger partial charge in [-0.15, -0.1) is 5.41 Å². The van der Waals surface area contributed by atoms with E-state index < -0.39 is 15.7 Å². The van der Waals surface area contributed by atoms with Crippen molar-refractivity contribution in [1.29, 1.82) is 0 Å². The second-order valence-corrected chi connectivity index (χ2v) is 22.0. The van der Waals surface area contributed by atoms with E-state index in [4.69, 9.17) is 9.69 Å². The Morgan fingerprint density at radius 3 is 1.58 bits per heavy atom. The van der Waals surface area contributed by atoms with E-state index in [1.807, 2.05) is 0 Å². The number of aryl methyl sites for hydroxylation is 5. The maximum atomic E-state index is 6.67. The van der Waals surface area contributed by atoms with Crippen LogP contribution in [0, 0.1) is 20.0 Å². The first-order chi connectivity index (χ1) is 31.2. The van der Waals surface area contributed by atoms with E-state index in [0.717, 1.165) is 38.5 Å². The van der Waals surface area contributed by atoms with Gasteiger partial charge < -0.3 is 4.90 Å². The first-order valence-electron chi connectivity index (χ1n) is 23.9. The molecule has 0 spiro atoms. The van der Waals surface area contributed by atoms with Crippen molar-refractivity contribution in [1.82, 2.24) is 0 Å². The SMILES string of the molecule is CCc1cc(C)cc(CC)c1N1[CH-]C(c2ccccc2)(c2ccc3c(c2)[C](=[Ru][Cl])C=C3c2ccccc2)CC1(C)C.CCc1cccc(CC)c1N1[CH-]C(C)(c2ccccc2)CC1(C)C. The van der Waals surface area contributed by atoms with Gasteiger partial charge >= 0.3 is 259 Å². The number of fused-ring (bicyclic) bond motifs is 1. The van der Waals surface area contributed by atoms with Gasteiger partial charge in [0, 0.05) is 11.2 Å². The van der Waals surface area contributed by atoms with E-state index >= 15 is 0 Å². The van der Waals surface area contributed by atoms with Gasteiger partial charge in [-0.25, -0.2) is 6.54 Å². The zero-order chi connectivity index (χ0) is 46.1. The third-order valence-electron chi connectivity index (χ3n) is 14.4. The zero-order valence-corrected chi connectivity index (χ0v) is 42.9. The number of hydrogen-bond acceptors (Lipinski definition) is 2. The number of benzene rings is 6. The molecule has 6 aromatic rings. The Hall–Kier alpha value is -4.56. The van der Waals surface area contributed by atoms with Crippen molar-refractivity contribution in [2.45, 2.75) is 130 Å². The van der Waals surface area contributed by atoms with Crippen LogP contribution in [-0.2, 0) is 52.2 Å². The number of anilines is 2. The molecule has 4 heteroatoms. The monoisotopic (exact) mass is 965 g/mol. The van der Waals surface area contributed by atoms with Crippen molar-refractivity contribution in [3.05, 3.63) is 220 Å².